The molecule has 50 heavy (non-hydrogen) atoms. The van der Waals surface area contributed by atoms with Crippen LogP contribution in [0.5, 0.6) is 0 Å². The van der Waals surface area contributed by atoms with Crippen LogP contribution in [0.4, 0.5) is 35.0 Å². The number of amides is 3. The summed E-state index contributed by atoms with van der Waals surface area (Å²) in [6.07, 6.45) is 10.1. The first kappa shape index (κ1) is 35.7. The molecule has 6 rings (SSSR count). The minimum Gasteiger partial charge on any atom is -0.741 e. The second-order valence-electron chi connectivity index (χ2n) is 10.9. The van der Waals surface area contributed by atoms with Crippen LogP contribution in [-0.4, -0.2) is 50.6 Å². The second kappa shape index (κ2) is 14.9. The molecule has 0 unspecified atom stereocenters. The number of nitrogens with one attached hydrogen (secondary N) is 4. The number of nitrogens with zero attached hydrogens (tertiary/aromatic N) is 4. The summed E-state index contributed by atoms with van der Waals surface area (Å²) in [7, 11) is -6.09. The van der Waals surface area contributed by atoms with E-state index in [1.54, 1.807) is 48.5 Å². The molecular formula is C32H27F3N8O5S2. The standard InChI is InChI=1S/C31H26N8O2S.CHF3O3S/c1-2-15-38-27-12-4-3-7-20(27)16-21-13-14-25(19-28(21)38)32-29(40)22-8-5-9-23(17-22)33-30(41)34-24-10-6-11-26(18-24)39-31(42)35-36-37-39;2-1(3,4)8(5,6)7/h1,5-6,8-11,13-14,16-19H,3-4,7,12,15H2,(H3,33,34,35,37,41,42);(H,5,6,7). The molecule has 4 N–H and O–H groups in total. The Kier molecular flexibility index (Phi) is 10.6. The van der Waals surface area contributed by atoms with Gasteiger partial charge in [0.05, 0.1) is 5.69 Å². The third kappa shape index (κ3) is 8.49. The van der Waals surface area contributed by atoms with Crippen LogP contribution in [0.25, 0.3) is 16.6 Å². The summed E-state index contributed by atoms with van der Waals surface area (Å²) in [5.41, 5.74) is 0.711. The van der Waals surface area contributed by atoms with Gasteiger partial charge in [-0.15, -0.1) is 6.42 Å². The fourth-order valence-electron chi connectivity index (χ4n) is 5.28. The topological polar surface area (TPSA) is 178 Å². The van der Waals surface area contributed by atoms with E-state index >= 15 is 0 Å². The number of tetrazole rings is 1. The number of halogens is 3. The molecule has 2 heterocycles. The number of benzene rings is 3. The second-order valence-corrected chi connectivity index (χ2v) is 12.6. The number of urea groups is 1. The number of aryl methyl sites for hydroxylation is 1. The van der Waals surface area contributed by atoms with Crippen molar-refractivity contribution in [3.8, 4) is 18.0 Å². The summed E-state index contributed by atoms with van der Waals surface area (Å²) in [5, 5.41) is 19.8. The zero-order chi connectivity index (χ0) is 36.1. The number of anilines is 3. The van der Waals surface area contributed by atoms with Gasteiger partial charge in [-0.25, -0.2) is 17.9 Å². The Bertz CT molecular complexity index is 2300. The van der Waals surface area contributed by atoms with Crippen LogP contribution in [-0.2, 0) is 29.5 Å². The fraction of sp³-hybridized carbons (Fsp3) is 0.188. The van der Waals surface area contributed by atoms with E-state index in [0.29, 0.717) is 34.9 Å². The highest BCUT2D eigenvalue weighted by Gasteiger charge is 2.37. The molecule has 0 radical (unpaired) electrons. The summed E-state index contributed by atoms with van der Waals surface area (Å²) in [5.74, 6) is 2.49. The number of pyridine rings is 1. The summed E-state index contributed by atoms with van der Waals surface area (Å²) < 4.78 is 62.9. The first-order valence-electron chi connectivity index (χ1n) is 14.8. The van der Waals surface area contributed by atoms with Gasteiger partial charge < -0.3 is 20.5 Å². The normalized spacial score (nSPS) is 12.5. The monoisotopic (exact) mass is 724 g/mol. The van der Waals surface area contributed by atoms with Crippen LogP contribution in [0.3, 0.4) is 0 Å². The molecule has 18 heteroatoms. The zero-order valence-corrected chi connectivity index (χ0v) is 27.5. The molecule has 0 atom stereocenters. The van der Waals surface area contributed by atoms with Gasteiger partial charge in [-0.3, -0.25) is 4.79 Å². The van der Waals surface area contributed by atoms with Crippen molar-refractivity contribution in [2.75, 3.05) is 16.0 Å². The Labute approximate surface area is 288 Å². The van der Waals surface area contributed by atoms with Gasteiger partial charge in [0.1, 0.15) is 0 Å². The van der Waals surface area contributed by atoms with E-state index in [2.05, 4.69) is 48.0 Å². The lowest BCUT2D eigenvalue weighted by atomic mass is 9.94. The van der Waals surface area contributed by atoms with Gasteiger partial charge in [0.15, 0.2) is 15.8 Å². The van der Waals surface area contributed by atoms with Gasteiger partial charge in [0, 0.05) is 46.1 Å². The number of rotatable bonds is 6. The van der Waals surface area contributed by atoms with Crippen molar-refractivity contribution >= 4 is 62.2 Å². The average Bonchev–Trinajstić information content (AvgIpc) is 3.50. The molecule has 0 bridgehead atoms. The number of hydrogen-bond acceptors (Lipinski definition) is 8. The van der Waals surface area contributed by atoms with Crippen molar-refractivity contribution < 1.29 is 40.3 Å². The third-order valence-electron chi connectivity index (χ3n) is 7.46. The summed E-state index contributed by atoms with van der Waals surface area (Å²) >= 11 is 5.14. The molecule has 258 valence electrons. The maximum absolute atomic E-state index is 13.2. The molecule has 2 aromatic heterocycles. The van der Waals surface area contributed by atoms with E-state index in [9.17, 15) is 22.8 Å². The Balaban J connectivity index is 0.000000544. The summed E-state index contributed by atoms with van der Waals surface area (Å²) in [6, 6.07) is 21.4. The first-order chi connectivity index (χ1) is 23.7. The number of alkyl halides is 3. The lowest BCUT2D eigenvalue weighted by molar-refractivity contribution is -0.667. The largest absolute Gasteiger partial charge is 0.741 e. The number of aromatic nitrogens is 5. The molecule has 0 saturated heterocycles. The Morgan fingerprint density at radius 2 is 1.64 bits per heavy atom. The Morgan fingerprint density at radius 1 is 0.980 bits per heavy atom. The minimum atomic E-state index is -6.09. The molecule has 0 fully saturated rings. The number of fused-ring (bicyclic) bond motifs is 2. The molecule has 0 spiro atoms. The maximum atomic E-state index is 13.2. The highest BCUT2D eigenvalue weighted by Crippen LogP contribution is 2.25. The highest BCUT2D eigenvalue weighted by atomic mass is 32.2. The average molecular weight is 725 g/mol. The first-order valence-corrected chi connectivity index (χ1v) is 16.6. The molecule has 3 aromatic carbocycles. The van der Waals surface area contributed by atoms with E-state index in [1.165, 1.54) is 22.4 Å². The number of carbonyl (C=O) groups is 2. The van der Waals surface area contributed by atoms with Gasteiger partial charge in [-0.1, -0.05) is 22.4 Å². The number of terminal acetylenes is 1. The van der Waals surface area contributed by atoms with Gasteiger partial charge in [-0.05, 0) is 92.0 Å². The van der Waals surface area contributed by atoms with Crippen LogP contribution in [0.2, 0.25) is 0 Å². The predicted molar refractivity (Wildman–Crippen MR) is 179 cm³/mol. The van der Waals surface area contributed by atoms with Crippen molar-refractivity contribution in [3.05, 3.63) is 94.4 Å². The van der Waals surface area contributed by atoms with Crippen LogP contribution >= 0.6 is 12.2 Å². The zero-order valence-electron chi connectivity index (χ0n) is 25.8. The van der Waals surface area contributed by atoms with E-state index in [1.807, 2.05) is 18.2 Å². The van der Waals surface area contributed by atoms with Gasteiger partial charge in [0.25, 0.3) is 5.91 Å². The van der Waals surface area contributed by atoms with Crippen LogP contribution < -0.4 is 20.5 Å². The summed E-state index contributed by atoms with van der Waals surface area (Å²) in [4.78, 5) is 25.9. The highest BCUT2D eigenvalue weighted by molar-refractivity contribution is 7.86. The van der Waals surface area contributed by atoms with Crippen molar-refractivity contribution in [3.63, 3.8) is 0 Å². The number of hydrogen-bond donors (Lipinski definition) is 4. The minimum absolute atomic E-state index is 0.265. The van der Waals surface area contributed by atoms with Crippen molar-refractivity contribution in [1.29, 1.82) is 0 Å². The molecule has 1 aliphatic rings. The van der Waals surface area contributed by atoms with Gasteiger partial charge in [-0.2, -0.15) is 23.0 Å². The predicted octanol–water partition coefficient (Wildman–Crippen LogP) is 5.23. The smallest absolute Gasteiger partial charge is 0.485 e. The maximum Gasteiger partial charge on any atom is 0.485 e. The third-order valence-corrected chi connectivity index (χ3v) is 8.30. The van der Waals surface area contributed by atoms with E-state index in [4.69, 9.17) is 31.6 Å². The van der Waals surface area contributed by atoms with Crippen molar-refractivity contribution in [1.82, 2.24) is 20.2 Å². The lowest BCUT2D eigenvalue weighted by Crippen LogP contribution is -2.41. The number of carbonyl (C=O) groups excluding carboxylic acids is 2. The van der Waals surface area contributed by atoms with Crippen molar-refractivity contribution in [2.45, 2.75) is 37.7 Å². The molecule has 3 amide bonds. The number of aromatic amines is 1. The SMILES string of the molecule is C#CC[n+]1c2c(cc3ccc(NC(=O)c4cccc(NC(=O)Nc5cccc(-n6[nH]nnc6=S)c5)c4)cc31)CCCC2.O=S(=O)([O-])C(F)(F)F. The molecular weight excluding hydrogens is 698 g/mol. The molecule has 1 aliphatic carbocycles. The van der Waals surface area contributed by atoms with Gasteiger partial charge >= 0.3 is 11.5 Å². The van der Waals surface area contributed by atoms with Crippen LogP contribution in [0.1, 0.15) is 34.5 Å². The quantitative estimate of drug-likeness (QED) is 0.0605. The molecule has 5 aromatic rings. The van der Waals surface area contributed by atoms with E-state index in [0.717, 1.165) is 30.2 Å². The van der Waals surface area contributed by atoms with Crippen LogP contribution in [0.15, 0.2) is 72.8 Å². The van der Waals surface area contributed by atoms with Gasteiger partial charge in [0.2, 0.25) is 16.8 Å². The fourth-order valence-corrected chi connectivity index (χ4v) is 5.47. The lowest BCUT2D eigenvalue weighted by Gasteiger charge is -2.16. The molecule has 13 nitrogen and oxygen atoms in total. The Hall–Kier alpha value is -5.64. The van der Waals surface area contributed by atoms with E-state index < -0.39 is 21.7 Å². The number of H-pyrrole nitrogens is 1. The molecule has 0 saturated carbocycles. The Morgan fingerprint density at radius 3 is 2.30 bits per heavy atom. The molecule has 0 aliphatic heterocycles. The summed E-state index contributed by atoms with van der Waals surface area (Å²) in [6.45, 7) is 0.478. The van der Waals surface area contributed by atoms with E-state index in [-0.39, 0.29) is 10.7 Å². The van der Waals surface area contributed by atoms with Crippen LogP contribution in [0, 0.1) is 17.1 Å². The van der Waals surface area contributed by atoms with Crippen molar-refractivity contribution in [2.24, 2.45) is 0 Å².